The van der Waals surface area contributed by atoms with Crippen molar-refractivity contribution >= 4 is 29.0 Å². The molecule has 0 bridgehead atoms. The van der Waals surface area contributed by atoms with Gasteiger partial charge in [-0.1, -0.05) is 112 Å². The molecule has 0 saturated heterocycles. The summed E-state index contributed by atoms with van der Waals surface area (Å²) in [5, 5.41) is 24.3. The number of aliphatic carboxylic acids is 1. The number of ether oxygens (including phenoxy) is 1. The van der Waals surface area contributed by atoms with Gasteiger partial charge in [-0.2, -0.15) is 0 Å². The molecule has 6 nitrogen and oxygen atoms in total. The third-order valence-corrected chi connectivity index (χ3v) is 8.21. The maximum atomic E-state index is 12.5. The minimum atomic E-state index is -1.02. The Morgan fingerprint density at radius 1 is 0.870 bits per heavy atom. The first kappa shape index (κ1) is 34.5. The van der Waals surface area contributed by atoms with Gasteiger partial charge in [0.2, 0.25) is 0 Å². The SMILES string of the molecule is CCCCCN(CCCCC)c1ccc(Cl)cc1/C(=C/O)N[C@@H](Cc1ccc(-c2ccccc2Oc2ccccc2)cc1)C(=O)O. The van der Waals surface area contributed by atoms with Gasteiger partial charge >= 0.3 is 5.97 Å². The molecule has 7 heteroatoms. The maximum Gasteiger partial charge on any atom is 0.326 e. The smallest absolute Gasteiger partial charge is 0.326 e. The number of benzene rings is 4. The van der Waals surface area contributed by atoms with E-state index in [0.29, 0.717) is 16.3 Å². The highest BCUT2D eigenvalue weighted by molar-refractivity contribution is 6.30. The van der Waals surface area contributed by atoms with Gasteiger partial charge < -0.3 is 25.2 Å². The number of aliphatic hydroxyl groups excluding tert-OH is 1. The number of rotatable bonds is 18. The molecule has 0 amide bonds. The fraction of sp³-hybridized carbons (Fsp3) is 0.308. The monoisotopic (exact) mass is 640 g/mol. The number of carboxylic acids is 1. The molecule has 1 atom stereocenters. The molecule has 0 fully saturated rings. The molecular weight excluding hydrogens is 596 g/mol. The van der Waals surface area contributed by atoms with E-state index in [0.717, 1.165) is 91.8 Å². The van der Waals surface area contributed by atoms with E-state index in [1.807, 2.05) is 91.0 Å². The van der Waals surface area contributed by atoms with Crippen molar-refractivity contribution in [2.24, 2.45) is 0 Å². The van der Waals surface area contributed by atoms with Crippen molar-refractivity contribution in [3.8, 4) is 22.6 Å². The van der Waals surface area contributed by atoms with Crippen LogP contribution in [0.2, 0.25) is 5.02 Å². The Morgan fingerprint density at radius 2 is 1.52 bits per heavy atom. The number of carboxylic acid groups (broad SMARTS) is 1. The van der Waals surface area contributed by atoms with Crippen LogP contribution in [0.15, 0.2) is 103 Å². The van der Waals surface area contributed by atoms with E-state index in [2.05, 4.69) is 24.1 Å². The van der Waals surface area contributed by atoms with E-state index < -0.39 is 12.0 Å². The van der Waals surface area contributed by atoms with Gasteiger partial charge in [0.25, 0.3) is 0 Å². The number of carbonyl (C=O) groups is 1. The third kappa shape index (κ3) is 9.79. The molecule has 0 radical (unpaired) electrons. The second-order valence-electron chi connectivity index (χ2n) is 11.5. The second kappa shape index (κ2) is 17.9. The molecule has 0 saturated carbocycles. The Kier molecular flexibility index (Phi) is 13.4. The Labute approximate surface area is 278 Å². The Bertz CT molecular complexity index is 1550. The van der Waals surface area contributed by atoms with Gasteiger partial charge in [-0.15, -0.1) is 0 Å². The minimum Gasteiger partial charge on any atom is -0.513 e. The summed E-state index contributed by atoms with van der Waals surface area (Å²) in [6.45, 7) is 6.12. The molecule has 46 heavy (non-hydrogen) atoms. The van der Waals surface area contributed by atoms with Gasteiger partial charge in [0, 0.05) is 41.3 Å². The van der Waals surface area contributed by atoms with Crippen molar-refractivity contribution in [3.63, 3.8) is 0 Å². The maximum absolute atomic E-state index is 12.5. The molecule has 4 aromatic carbocycles. The molecule has 0 aliphatic rings. The van der Waals surface area contributed by atoms with Crippen LogP contribution in [0.25, 0.3) is 16.8 Å². The molecule has 0 heterocycles. The van der Waals surface area contributed by atoms with E-state index in [1.54, 1.807) is 6.07 Å². The standard InChI is InChI=1S/C39H45ClN2O4/c1-3-5-12-24-42(25-13-6-4-2)37-23-22-31(40)27-34(37)36(28-43)41-35(39(44)45)26-29-18-20-30(21-19-29)33-16-10-11-17-38(33)46-32-14-8-7-9-15-32/h7-11,14-23,27-28,35,41,43H,3-6,12-13,24-26H2,1-2H3,(H,44,45)/b36-28-/t35-/m0/s1. The predicted octanol–water partition coefficient (Wildman–Crippen LogP) is 10.1. The summed E-state index contributed by atoms with van der Waals surface area (Å²) >= 11 is 6.45. The summed E-state index contributed by atoms with van der Waals surface area (Å²) in [4.78, 5) is 14.8. The van der Waals surface area contributed by atoms with Gasteiger partial charge in [-0.05, 0) is 60.4 Å². The quantitative estimate of drug-likeness (QED) is 0.0741. The molecule has 0 aliphatic carbocycles. The zero-order chi connectivity index (χ0) is 32.7. The number of nitrogens with one attached hydrogen (secondary N) is 1. The zero-order valence-corrected chi connectivity index (χ0v) is 27.5. The minimum absolute atomic E-state index is 0.210. The Morgan fingerprint density at radius 3 is 2.15 bits per heavy atom. The number of hydrogen-bond donors (Lipinski definition) is 3. The topological polar surface area (TPSA) is 82.0 Å². The number of anilines is 1. The van der Waals surface area contributed by atoms with Gasteiger partial charge in [0.1, 0.15) is 23.8 Å². The second-order valence-corrected chi connectivity index (χ2v) is 11.9. The normalized spacial score (nSPS) is 12.0. The number of unbranched alkanes of at least 4 members (excludes halogenated alkanes) is 4. The van der Waals surface area contributed by atoms with E-state index >= 15 is 0 Å². The number of aliphatic hydroxyl groups is 1. The van der Waals surface area contributed by atoms with Crippen LogP contribution in [0.5, 0.6) is 11.5 Å². The average Bonchev–Trinajstić information content (AvgIpc) is 3.07. The van der Waals surface area contributed by atoms with Crippen molar-refractivity contribution in [2.45, 2.75) is 64.8 Å². The Balaban J connectivity index is 1.54. The zero-order valence-electron chi connectivity index (χ0n) is 26.8. The fourth-order valence-electron chi connectivity index (χ4n) is 5.50. The lowest BCUT2D eigenvalue weighted by atomic mass is 9.99. The van der Waals surface area contributed by atoms with Crippen LogP contribution in [0.3, 0.4) is 0 Å². The molecule has 0 aromatic heterocycles. The van der Waals surface area contributed by atoms with Gasteiger partial charge in [-0.25, -0.2) is 4.79 Å². The summed E-state index contributed by atoms with van der Waals surface area (Å²) in [6.07, 6.45) is 7.75. The van der Waals surface area contributed by atoms with Gasteiger partial charge in [0.15, 0.2) is 0 Å². The molecule has 0 aliphatic heterocycles. The van der Waals surface area contributed by atoms with Gasteiger partial charge in [0.05, 0.1) is 5.70 Å². The summed E-state index contributed by atoms with van der Waals surface area (Å²) in [5.74, 6) is 0.471. The highest BCUT2D eigenvalue weighted by Crippen LogP contribution is 2.34. The van der Waals surface area contributed by atoms with Crippen LogP contribution < -0.4 is 15.0 Å². The van der Waals surface area contributed by atoms with Crippen LogP contribution in [0, 0.1) is 0 Å². The number of nitrogens with zero attached hydrogens (tertiary/aromatic N) is 1. The predicted molar refractivity (Wildman–Crippen MR) is 190 cm³/mol. The molecule has 4 aromatic rings. The van der Waals surface area contributed by atoms with Crippen molar-refractivity contribution in [1.29, 1.82) is 0 Å². The molecule has 3 N–H and O–H groups in total. The Hall–Kier alpha value is -4.42. The largest absolute Gasteiger partial charge is 0.513 e. The number of hydrogen-bond acceptors (Lipinski definition) is 5. The number of halogens is 1. The third-order valence-electron chi connectivity index (χ3n) is 7.97. The van der Waals surface area contributed by atoms with E-state index in [9.17, 15) is 15.0 Å². The lowest BCUT2D eigenvalue weighted by Gasteiger charge is -2.29. The average molecular weight is 641 g/mol. The highest BCUT2D eigenvalue weighted by atomic mass is 35.5. The van der Waals surface area contributed by atoms with Crippen molar-refractivity contribution in [1.82, 2.24) is 5.32 Å². The highest BCUT2D eigenvalue weighted by Gasteiger charge is 2.23. The van der Waals surface area contributed by atoms with Gasteiger partial charge in [-0.3, -0.25) is 0 Å². The lowest BCUT2D eigenvalue weighted by molar-refractivity contribution is -0.139. The van der Waals surface area contributed by atoms with Crippen molar-refractivity contribution < 1.29 is 19.7 Å². The summed E-state index contributed by atoms with van der Waals surface area (Å²) in [7, 11) is 0. The molecule has 0 spiro atoms. The molecule has 242 valence electrons. The first-order valence-electron chi connectivity index (χ1n) is 16.2. The molecular formula is C39H45ClN2O4. The van der Waals surface area contributed by atoms with Crippen LogP contribution in [-0.4, -0.2) is 35.3 Å². The van der Waals surface area contributed by atoms with Crippen LogP contribution in [0.4, 0.5) is 5.69 Å². The lowest BCUT2D eigenvalue weighted by Crippen LogP contribution is -2.38. The first-order chi connectivity index (χ1) is 22.4. The van der Waals surface area contributed by atoms with E-state index in [1.165, 1.54) is 0 Å². The summed E-state index contributed by atoms with van der Waals surface area (Å²) in [6, 6.07) is 29.9. The van der Waals surface area contributed by atoms with Crippen LogP contribution in [-0.2, 0) is 11.2 Å². The van der Waals surface area contributed by atoms with Crippen LogP contribution in [0.1, 0.15) is 63.5 Å². The van der Waals surface area contributed by atoms with E-state index in [-0.39, 0.29) is 6.42 Å². The first-order valence-corrected chi connectivity index (χ1v) is 16.6. The fourth-order valence-corrected chi connectivity index (χ4v) is 5.67. The van der Waals surface area contributed by atoms with E-state index in [4.69, 9.17) is 16.3 Å². The molecule has 4 rings (SSSR count). The van der Waals surface area contributed by atoms with Crippen molar-refractivity contribution in [3.05, 3.63) is 119 Å². The van der Waals surface area contributed by atoms with Crippen molar-refractivity contribution in [2.75, 3.05) is 18.0 Å². The summed E-state index contributed by atoms with van der Waals surface area (Å²) < 4.78 is 6.15. The number of para-hydroxylation sites is 2. The van der Waals surface area contributed by atoms with Crippen LogP contribution >= 0.6 is 11.6 Å². The summed E-state index contributed by atoms with van der Waals surface area (Å²) in [5.41, 5.74) is 4.67. The molecule has 0 unspecified atom stereocenters.